The number of halogens is 2. The van der Waals surface area contributed by atoms with Crippen molar-refractivity contribution in [3.8, 4) is 18.1 Å². The van der Waals surface area contributed by atoms with Crippen LogP contribution in [0.2, 0.25) is 5.02 Å². The van der Waals surface area contributed by atoms with Crippen LogP contribution in [0.15, 0.2) is 4.21 Å². The lowest BCUT2D eigenvalue weighted by Gasteiger charge is -2.49. The molecule has 2 atom stereocenters. The Morgan fingerprint density at radius 3 is 2.63 bits per heavy atom. The molecule has 3 aromatic heterocycles. The largest absolute Gasteiger partial charge is 0.461 e. The fourth-order valence-corrected chi connectivity index (χ4v) is 11.2. The highest BCUT2D eigenvalue weighted by Gasteiger charge is 2.53. The van der Waals surface area contributed by atoms with Crippen LogP contribution in [0.3, 0.4) is 0 Å². The van der Waals surface area contributed by atoms with E-state index in [1.165, 1.54) is 16.2 Å². The van der Waals surface area contributed by atoms with Crippen LogP contribution in [0.25, 0.3) is 0 Å². The van der Waals surface area contributed by atoms with Crippen LogP contribution in [-0.4, -0.2) is 106 Å². The maximum Gasteiger partial charge on any atom is 0.320 e. The van der Waals surface area contributed by atoms with E-state index in [1.54, 1.807) is 30.5 Å². The van der Waals surface area contributed by atoms with Crippen LogP contribution >= 0.6 is 34.7 Å². The van der Waals surface area contributed by atoms with Crippen LogP contribution in [0.4, 0.5) is 21.0 Å². The first-order valence-electron chi connectivity index (χ1n) is 16.3. The Balaban J connectivity index is 1.16. The van der Waals surface area contributed by atoms with Gasteiger partial charge < -0.3 is 25.2 Å². The van der Waals surface area contributed by atoms with E-state index in [1.807, 2.05) is 4.90 Å². The molecular formula is C32H35ClFN11O2S2. The third-order valence-corrected chi connectivity index (χ3v) is 13.5. The number of thiophene rings is 1. The van der Waals surface area contributed by atoms with Crippen molar-refractivity contribution < 1.29 is 13.9 Å². The van der Waals surface area contributed by atoms with Gasteiger partial charge in [0.1, 0.15) is 35.5 Å². The maximum atomic E-state index is 14.6. The normalized spacial score (nSPS) is 23.8. The highest BCUT2D eigenvalue weighted by atomic mass is 35.5. The molecule has 8 heterocycles. The molecule has 1 spiro atoms. The molecule has 5 aliphatic heterocycles. The van der Waals surface area contributed by atoms with Crippen molar-refractivity contribution in [1.82, 2.24) is 29.5 Å². The number of ether oxygens (including phenoxy) is 1. The summed E-state index contributed by atoms with van der Waals surface area (Å²) in [5.74, 6) is 1.39. The molecule has 17 heteroatoms. The number of carbonyl (C=O) groups excluding carboxylic acids is 1. The van der Waals surface area contributed by atoms with Crippen molar-refractivity contribution in [3.05, 3.63) is 33.1 Å². The van der Waals surface area contributed by atoms with Gasteiger partial charge >= 0.3 is 6.01 Å². The first-order valence-corrected chi connectivity index (χ1v) is 18.5. The summed E-state index contributed by atoms with van der Waals surface area (Å²) in [6, 6.07) is 4.82. The zero-order valence-corrected chi connectivity index (χ0v) is 29.6. The third-order valence-electron chi connectivity index (χ3n) is 10.5. The molecule has 0 aromatic carbocycles. The lowest BCUT2D eigenvalue weighted by atomic mass is 9.75. The fourth-order valence-electron chi connectivity index (χ4n) is 8.18. The van der Waals surface area contributed by atoms with Crippen molar-refractivity contribution in [2.75, 3.05) is 74.7 Å². The van der Waals surface area contributed by atoms with Gasteiger partial charge in [0.25, 0.3) is 5.91 Å². The molecule has 2 N–H and O–H groups in total. The number of amides is 1. The zero-order valence-electron chi connectivity index (χ0n) is 27.2. The van der Waals surface area contributed by atoms with Crippen molar-refractivity contribution in [3.63, 3.8) is 0 Å². The average Bonchev–Trinajstić information content (AvgIpc) is 3.81. The Hall–Kier alpha value is -3.83. The minimum atomic E-state index is -0.899. The molecular weight excluding hydrogens is 689 g/mol. The standard InChI is InChI=1S/C32H35ClFN11O2S2/c1-41(2)28(46)24-23(33)21-13-42(6-4-8-45(21)40-24)26-20(11-36)27(39-30(38-26)47-16-32-5-3-7-44(32)12-18(34)9-32)43-14-31(15-43)17-48-29-22(31)19(10-35)25(37)49-29/h18H,3-9,12-17,37H2,1-2H3/t18-,32+/m1/s1. The number of fused-ring (bicyclic) bond motifs is 4. The van der Waals surface area contributed by atoms with Gasteiger partial charge in [-0.25, -0.2) is 4.39 Å². The molecule has 3 aromatic rings. The van der Waals surface area contributed by atoms with Gasteiger partial charge in [-0.05, 0) is 25.8 Å². The number of thioether (sulfide) groups is 1. The summed E-state index contributed by atoms with van der Waals surface area (Å²) in [5.41, 5.74) is 8.23. The molecule has 0 aliphatic carbocycles. The van der Waals surface area contributed by atoms with Crippen LogP contribution < -0.4 is 20.3 Å². The Kier molecular flexibility index (Phi) is 7.86. The number of nitriles is 2. The minimum absolute atomic E-state index is 0.125. The van der Waals surface area contributed by atoms with Gasteiger partial charge in [0.2, 0.25) is 0 Å². The van der Waals surface area contributed by atoms with Gasteiger partial charge in [-0.2, -0.15) is 25.6 Å². The first-order chi connectivity index (χ1) is 23.6. The first kappa shape index (κ1) is 32.4. The third kappa shape index (κ3) is 5.09. The van der Waals surface area contributed by atoms with E-state index in [4.69, 9.17) is 32.0 Å². The quantitative estimate of drug-likeness (QED) is 0.395. The van der Waals surface area contributed by atoms with Gasteiger partial charge in [0, 0.05) is 70.0 Å². The average molecular weight is 724 g/mol. The van der Waals surface area contributed by atoms with Crippen LogP contribution in [-0.2, 0) is 18.5 Å². The summed E-state index contributed by atoms with van der Waals surface area (Å²) < 4.78 is 23.8. The number of nitrogen functional groups attached to an aromatic ring is 1. The van der Waals surface area contributed by atoms with Crippen molar-refractivity contribution >= 4 is 57.2 Å². The number of rotatable bonds is 6. The van der Waals surface area contributed by atoms with Crippen LogP contribution in [0, 0.1) is 22.7 Å². The number of aryl methyl sites for hydroxylation is 1. The molecule has 0 radical (unpaired) electrons. The van der Waals surface area contributed by atoms with Gasteiger partial charge in [-0.1, -0.05) is 11.6 Å². The van der Waals surface area contributed by atoms with Gasteiger partial charge in [0.05, 0.1) is 32.6 Å². The molecule has 8 rings (SSSR count). The number of anilines is 3. The summed E-state index contributed by atoms with van der Waals surface area (Å²) in [4.78, 5) is 30.2. The maximum absolute atomic E-state index is 14.6. The summed E-state index contributed by atoms with van der Waals surface area (Å²) in [7, 11) is 3.31. The van der Waals surface area contributed by atoms with E-state index < -0.39 is 11.7 Å². The lowest BCUT2D eigenvalue weighted by Crippen LogP contribution is -2.60. The smallest absolute Gasteiger partial charge is 0.320 e. The number of nitrogens with zero attached hydrogens (tertiary/aromatic N) is 10. The molecule has 3 fully saturated rings. The number of hydrogen-bond donors (Lipinski definition) is 1. The molecule has 0 unspecified atom stereocenters. The molecule has 256 valence electrons. The van der Waals surface area contributed by atoms with Crippen LogP contribution in [0.5, 0.6) is 6.01 Å². The summed E-state index contributed by atoms with van der Waals surface area (Å²) in [5, 5.41) is 25.9. The number of alkyl halides is 1. The predicted molar refractivity (Wildman–Crippen MR) is 184 cm³/mol. The second-order valence-electron chi connectivity index (χ2n) is 13.9. The summed E-state index contributed by atoms with van der Waals surface area (Å²) in [6.07, 6.45) is 2.00. The van der Waals surface area contributed by atoms with E-state index in [9.17, 15) is 19.7 Å². The van der Waals surface area contributed by atoms with Crippen molar-refractivity contribution in [1.29, 1.82) is 10.5 Å². The molecule has 5 aliphatic rings. The summed E-state index contributed by atoms with van der Waals surface area (Å²) in [6.45, 7) is 3.95. The second-order valence-corrected chi connectivity index (χ2v) is 16.5. The zero-order chi connectivity index (χ0) is 34.2. The fraction of sp³-hybridized carbons (Fsp3) is 0.562. The number of aromatic nitrogens is 4. The van der Waals surface area contributed by atoms with Crippen LogP contribution in [0.1, 0.15) is 58.6 Å². The molecule has 0 bridgehead atoms. The Bertz CT molecular complexity index is 1950. The number of nitrogens with two attached hydrogens (primary N) is 1. The van der Waals surface area contributed by atoms with Gasteiger partial charge in [-0.15, -0.1) is 23.1 Å². The Morgan fingerprint density at radius 2 is 1.90 bits per heavy atom. The highest BCUT2D eigenvalue weighted by molar-refractivity contribution is 8.01. The van der Waals surface area contributed by atoms with E-state index in [0.717, 1.165) is 34.9 Å². The predicted octanol–water partition coefficient (Wildman–Crippen LogP) is 3.64. The van der Waals surface area contributed by atoms with Crippen molar-refractivity contribution in [2.24, 2.45) is 0 Å². The molecule has 0 saturated carbocycles. The topological polar surface area (TPSA) is 156 Å². The second kappa shape index (κ2) is 11.9. The molecule has 49 heavy (non-hydrogen) atoms. The number of hydrogen-bond acceptors (Lipinski definition) is 13. The number of carbonyl (C=O) groups is 1. The Morgan fingerprint density at radius 1 is 1.14 bits per heavy atom. The van der Waals surface area contributed by atoms with E-state index in [2.05, 4.69) is 27.0 Å². The molecule has 1 amide bonds. The van der Waals surface area contributed by atoms with Gasteiger partial charge in [0.15, 0.2) is 17.3 Å². The van der Waals surface area contributed by atoms with E-state index in [0.29, 0.717) is 79.0 Å². The van der Waals surface area contributed by atoms with E-state index in [-0.39, 0.29) is 41.2 Å². The van der Waals surface area contributed by atoms with E-state index >= 15 is 0 Å². The molecule has 3 saturated heterocycles. The van der Waals surface area contributed by atoms with Crippen molar-refractivity contribution in [2.45, 2.75) is 60.1 Å². The lowest BCUT2D eigenvalue weighted by molar-refractivity contribution is 0.0821. The Labute approximate surface area is 296 Å². The monoisotopic (exact) mass is 723 g/mol. The highest BCUT2D eigenvalue weighted by Crippen LogP contribution is 2.56. The van der Waals surface area contributed by atoms with Gasteiger partial charge in [-0.3, -0.25) is 14.4 Å². The summed E-state index contributed by atoms with van der Waals surface area (Å²) >= 11 is 9.97. The SMILES string of the molecule is CN(C)C(=O)c1nn2c(c1Cl)CN(c1nc(OC[C@@]34CCCN3C[C@H](F)C4)nc(N3CC4(CSc5sc(N)c(C#N)c54)C3)c1C#N)CCC2. The molecule has 13 nitrogen and oxygen atoms in total. The minimum Gasteiger partial charge on any atom is -0.461 e.